The molecule has 0 unspecified atom stereocenters. The van der Waals surface area contributed by atoms with Crippen molar-refractivity contribution in [2.24, 2.45) is 0 Å². The first-order chi connectivity index (χ1) is 9.35. The highest BCUT2D eigenvalue weighted by Gasteiger charge is 2.38. The smallest absolute Gasteiger partial charge is 0.420 e. The van der Waals surface area contributed by atoms with Crippen molar-refractivity contribution in [2.45, 2.75) is 19.5 Å². The lowest BCUT2D eigenvalue weighted by molar-refractivity contribution is -0.143. The summed E-state index contributed by atoms with van der Waals surface area (Å²) in [6.45, 7) is 1.63. The molecule has 0 radical (unpaired) electrons. The van der Waals surface area contributed by atoms with Gasteiger partial charge >= 0.3 is 12.1 Å². The number of carbonyl (C=O) groups excluding carboxylic acids is 1. The third-order valence-electron chi connectivity index (χ3n) is 2.49. The first kappa shape index (κ1) is 15.8. The Morgan fingerprint density at radius 2 is 2.05 bits per heavy atom. The third-order valence-corrected chi connectivity index (χ3v) is 2.49. The van der Waals surface area contributed by atoms with Crippen molar-refractivity contribution in [1.29, 1.82) is 5.26 Å². The summed E-state index contributed by atoms with van der Waals surface area (Å²) in [6, 6.07) is 3.89. The van der Waals surface area contributed by atoms with E-state index in [2.05, 4.69) is 9.47 Å². The topological polar surface area (TPSA) is 59.3 Å². The Kier molecular flexibility index (Phi) is 4.97. The second-order valence-electron chi connectivity index (χ2n) is 3.77. The van der Waals surface area contributed by atoms with Crippen molar-refractivity contribution in [3.05, 3.63) is 28.8 Å². The van der Waals surface area contributed by atoms with Gasteiger partial charge in [0.15, 0.2) is 0 Å². The average Bonchev–Trinajstić information content (AvgIpc) is 2.36. The lowest BCUT2D eigenvalue weighted by atomic mass is 9.99. The number of carbonyl (C=O) groups is 1. The Balaban J connectivity index is 3.38. The molecular weight excluding hydrogens is 275 g/mol. The molecule has 0 aliphatic carbocycles. The second kappa shape index (κ2) is 6.28. The van der Waals surface area contributed by atoms with Crippen LogP contribution in [0.1, 0.15) is 23.6 Å². The molecule has 4 nitrogen and oxygen atoms in total. The number of ether oxygens (including phenoxy) is 2. The van der Waals surface area contributed by atoms with Crippen LogP contribution in [-0.2, 0) is 22.1 Å². The predicted octanol–water partition coefficient (Wildman–Crippen LogP) is 2.69. The van der Waals surface area contributed by atoms with Crippen molar-refractivity contribution in [3.63, 3.8) is 0 Å². The van der Waals surface area contributed by atoms with Gasteiger partial charge in [-0.3, -0.25) is 4.79 Å². The number of nitrogens with zero attached hydrogens (tertiary/aromatic N) is 1. The molecule has 1 aromatic carbocycles. The molecule has 0 saturated heterocycles. The molecule has 0 aliphatic heterocycles. The van der Waals surface area contributed by atoms with Crippen molar-refractivity contribution in [2.75, 3.05) is 13.7 Å². The molecule has 0 bridgehead atoms. The molecule has 0 heterocycles. The van der Waals surface area contributed by atoms with Crippen LogP contribution in [0.15, 0.2) is 12.1 Å². The van der Waals surface area contributed by atoms with Gasteiger partial charge < -0.3 is 9.47 Å². The van der Waals surface area contributed by atoms with E-state index in [-0.39, 0.29) is 17.7 Å². The molecule has 0 N–H and O–H groups in total. The van der Waals surface area contributed by atoms with Gasteiger partial charge in [0.05, 0.1) is 25.7 Å². The molecule has 7 heteroatoms. The van der Waals surface area contributed by atoms with Crippen LogP contribution in [0.4, 0.5) is 13.2 Å². The van der Waals surface area contributed by atoms with E-state index in [1.165, 1.54) is 6.07 Å². The molecule has 20 heavy (non-hydrogen) atoms. The fourth-order valence-electron chi connectivity index (χ4n) is 1.75. The quantitative estimate of drug-likeness (QED) is 0.799. The zero-order valence-electron chi connectivity index (χ0n) is 10.9. The summed E-state index contributed by atoms with van der Waals surface area (Å²) in [5.41, 5.74) is -1.65. The van der Waals surface area contributed by atoms with Crippen molar-refractivity contribution < 1.29 is 27.4 Å². The Morgan fingerprint density at radius 3 is 2.50 bits per heavy atom. The maximum Gasteiger partial charge on any atom is 0.420 e. The first-order valence-electron chi connectivity index (χ1n) is 5.67. The number of halogens is 3. The van der Waals surface area contributed by atoms with E-state index in [9.17, 15) is 18.0 Å². The summed E-state index contributed by atoms with van der Waals surface area (Å²) in [5, 5.41) is 8.81. The average molecular weight is 287 g/mol. The standard InChI is InChI=1S/C13H12F3NO3/c1-3-20-10(18)6-8-4-5-9(7-17)12(19-2)11(8)13(14,15)16/h4-5H,3,6H2,1-2H3. The van der Waals surface area contributed by atoms with Crippen LogP contribution in [0.2, 0.25) is 0 Å². The minimum Gasteiger partial charge on any atom is -0.495 e. The van der Waals surface area contributed by atoms with Gasteiger partial charge in [-0.2, -0.15) is 18.4 Å². The SMILES string of the molecule is CCOC(=O)Cc1ccc(C#N)c(OC)c1C(F)(F)F. The molecule has 108 valence electrons. The number of alkyl halides is 3. The third kappa shape index (κ3) is 3.41. The molecule has 1 rings (SSSR count). The van der Waals surface area contributed by atoms with Gasteiger partial charge in [0, 0.05) is 0 Å². The fraction of sp³-hybridized carbons (Fsp3) is 0.385. The molecule has 0 fully saturated rings. The first-order valence-corrected chi connectivity index (χ1v) is 5.67. The molecule has 0 amide bonds. The molecule has 1 aromatic rings. The summed E-state index contributed by atoms with van der Waals surface area (Å²) < 4.78 is 48.6. The fourth-order valence-corrected chi connectivity index (χ4v) is 1.75. The number of methoxy groups -OCH3 is 1. The number of esters is 1. The summed E-state index contributed by atoms with van der Waals surface area (Å²) in [7, 11) is 1.04. The Morgan fingerprint density at radius 1 is 1.40 bits per heavy atom. The summed E-state index contributed by atoms with van der Waals surface area (Å²) in [4.78, 5) is 11.4. The number of rotatable bonds is 4. The van der Waals surface area contributed by atoms with Crippen LogP contribution in [0.3, 0.4) is 0 Å². The molecule has 0 saturated carbocycles. The second-order valence-corrected chi connectivity index (χ2v) is 3.77. The Bertz CT molecular complexity index is 547. The van der Waals surface area contributed by atoms with Crippen molar-refractivity contribution in [3.8, 4) is 11.8 Å². The lowest BCUT2D eigenvalue weighted by Gasteiger charge is -2.17. The highest BCUT2D eigenvalue weighted by Crippen LogP contribution is 2.40. The van der Waals surface area contributed by atoms with Crippen LogP contribution >= 0.6 is 0 Å². The van der Waals surface area contributed by atoms with Gasteiger partial charge in [0.25, 0.3) is 0 Å². The van der Waals surface area contributed by atoms with E-state index < -0.39 is 29.9 Å². The van der Waals surface area contributed by atoms with E-state index in [4.69, 9.17) is 5.26 Å². The van der Waals surface area contributed by atoms with Gasteiger partial charge in [-0.1, -0.05) is 6.07 Å². The minimum absolute atomic E-state index is 0.0770. The summed E-state index contributed by atoms with van der Waals surface area (Å²) in [6.07, 6.45) is -5.27. The normalized spacial score (nSPS) is 10.8. The number of benzene rings is 1. The number of hydrogen-bond acceptors (Lipinski definition) is 4. The highest BCUT2D eigenvalue weighted by atomic mass is 19.4. The van der Waals surface area contributed by atoms with E-state index in [1.54, 1.807) is 13.0 Å². The monoisotopic (exact) mass is 287 g/mol. The molecule has 0 spiro atoms. The van der Waals surface area contributed by atoms with Gasteiger partial charge in [-0.05, 0) is 18.6 Å². The van der Waals surface area contributed by atoms with Gasteiger partial charge in [-0.15, -0.1) is 0 Å². The minimum atomic E-state index is -4.74. The number of nitriles is 1. The Labute approximate surface area is 113 Å². The van der Waals surface area contributed by atoms with Crippen molar-refractivity contribution >= 4 is 5.97 Å². The van der Waals surface area contributed by atoms with E-state index in [0.717, 1.165) is 13.2 Å². The molecule has 0 aliphatic rings. The lowest BCUT2D eigenvalue weighted by Crippen LogP contribution is -2.16. The van der Waals surface area contributed by atoms with E-state index in [1.807, 2.05) is 0 Å². The van der Waals surface area contributed by atoms with E-state index >= 15 is 0 Å². The van der Waals surface area contributed by atoms with Crippen molar-refractivity contribution in [1.82, 2.24) is 0 Å². The van der Waals surface area contributed by atoms with Crippen LogP contribution < -0.4 is 4.74 Å². The zero-order valence-corrected chi connectivity index (χ0v) is 10.9. The van der Waals surface area contributed by atoms with Crippen LogP contribution in [0.25, 0.3) is 0 Å². The van der Waals surface area contributed by atoms with Crippen LogP contribution in [0.5, 0.6) is 5.75 Å². The van der Waals surface area contributed by atoms with Gasteiger partial charge in [-0.25, -0.2) is 0 Å². The summed E-state index contributed by atoms with van der Waals surface area (Å²) in [5.74, 6) is -1.36. The maximum absolute atomic E-state index is 13.1. The highest BCUT2D eigenvalue weighted by molar-refractivity contribution is 5.74. The van der Waals surface area contributed by atoms with Gasteiger partial charge in [0.1, 0.15) is 17.4 Å². The largest absolute Gasteiger partial charge is 0.495 e. The number of hydrogen-bond donors (Lipinski definition) is 0. The molecular formula is C13H12F3NO3. The molecule has 0 aromatic heterocycles. The maximum atomic E-state index is 13.1. The van der Waals surface area contributed by atoms with E-state index in [0.29, 0.717) is 0 Å². The summed E-state index contributed by atoms with van der Waals surface area (Å²) >= 11 is 0. The molecule has 0 atom stereocenters. The predicted molar refractivity (Wildman–Crippen MR) is 63.0 cm³/mol. The zero-order chi connectivity index (χ0) is 15.3. The van der Waals surface area contributed by atoms with Gasteiger partial charge in [0.2, 0.25) is 0 Å². The van der Waals surface area contributed by atoms with Crippen LogP contribution in [0, 0.1) is 11.3 Å². The Hall–Kier alpha value is -2.23. The van der Waals surface area contributed by atoms with Crippen LogP contribution in [-0.4, -0.2) is 19.7 Å².